The number of hydrogen-bond donors (Lipinski definition) is 2. The second kappa shape index (κ2) is 17.7. The van der Waals surface area contributed by atoms with Crippen LogP contribution >= 0.6 is 0 Å². The maximum absolute atomic E-state index is 11.9. The SMILES string of the molecule is CC(C)(C)OC(=O)N1C[C@H]2CC[C@@H](N)[C@H]2C1.CC(C)[C@@H]1CC[C@@H]2CN(C[C@H]3CN(c4ccc(C#N)n5nccc45)C[C@@H](C)O3)C[C@@H]21.CN(C)[C@@H]1CC[C@@H]2CNC[C@@H]21. The van der Waals surface area contributed by atoms with Gasteiger partial charge in [0.1, 0.15) is 17.4 Å². The summed E-state index contributed by atoms with van der Waals surface area (Å²) in [6.07, 6.45) is 9.95. The third-order valence-corrected chi connectivity index (χ3v) is 14.6. The molecule has 2 aromatic heterocycles. The summed E-state index contributed by atoms with van der Waals surface area (Å²) in [6, 6.07) is 9.30. The Kier molecular flexibility index (Phi) is 13.1. The van der Waals surface area contributed by atoms with Crippen molar-refractivity contribution in [3.8, 4) is 6.07 Å². The van der Waals surface area contributed by atoms with Crippen LogP contribution in [0.25, 0.3) is 5.52 Å². The van der Waals surface area contributed by atoms with Crippen LogP contribution in [-0.2, 0) is 9.47 Å². The molecule has 316 valence electrons. The molecule has 3 aliphatic carbocycles. The van der Waals surface area contributed by atoms with Gasteiger partial charge in [-0.3, -0.25) is 0 Å². The molecule has 4 saturated heterocycles. The van der Waals surface area contributed by atoms with Gasteiger partial charge in [-0.25, -0.2) is 9.31 Å². The zero-order valence-electron chi connectivity index (χ0n) is 36.3. The number of carbonyl (C=O) groups is 1. The molecule has 11 atom stereocenters. The first kappa shape index (κ1) is 42.2. The van der Waals surface area contributed by atoms with E-state index < -0.39 is 5.60 Å². The average molecular weight is 788 g/mol. The number of amides is 1. The van der Waals surface area contributed by atoms with Crippen molar-refractivity contribution in [2.45, 2.75) is 110 Å². The molecule has 0 bridgehead atoms. The number of morpholine rings is 1. The summed E-state index contributed by atoms with van der Waals surface area (Å²) in [5.74, 6) is 6.50. The molecule has 3 N–H and O–H groups in total. The first-order valence-electron chi connectivity index (χ1n) is 22.3. The molecule has 0 radical (unpaired) electrons. The second-order valence-corrected chi connectivity index (χ2v) is 20.2. The van der Waals surface area contributed by atoms with Gasteiger partial charge >= 0.3 is 6.09 Å². The fourth-order valence-corrected chi connectivity index (χ4v) is 11.9. The van der Waals surface area contributed by atoms with Crippen LogP contribution in [-0.4, -0.2) is 133 Å². The number of fused-ring (bicyclic) bond motifs is 4. The van der Waals surface area contributed by atoms with E-state index in [4.69, 9.17) is 15.2 Å². The first-order valence-corrected chi connectivity index (χ1v) is 22.3. The van der Waals surface area contributed by atoms with Gasteiger partial charge in [0.25, 0.3) is 0 Å². The molecule has 2 aromatic rings. The molecule has 6 heterocycles. The molecule has 3 saturated carbocycles. The Morgan fingerprint density at radius 1 is 0.965 bits per heavy atom. The molecule has 0 spiro atoms. The van der Waals surface area contributed by atoms with Crippen LogP contribution in [0.2, 0.25) is 0 Å². The molecule has 12 heteroatoms. The number of carbonyl (C=O) groups excluding carboxylic acids is 1. The predicted molar refractivity (Wildman–Crippen MR) is 226 cm³/mol. The molecule has 0 unspecified atom stereocenters. The summed E-state index contributed by atoms with van der Waals surface area (Å²) < 4.78 is 13.5. The lowest BCUT2D eigenvalue weighted by molar-refractivity contribution is -0.0305. The van der Waals surface area contributed by atoms with Crippen LogP contribution in [0.15, 0.2) is 24.4 Å². The van der Waals surface area contributed by atoms with Gasteiger partial charge in [0.15, 0.2) is 0 Å². The van der Waals surface area contributed by atoms with Crippen LogP contribution in [0.5, 0.6) is 0 Å². The third kappa shape index (κ3) is 9.59. The molecular weight excluding hydrogens is 715 g/mol. The monoisotopic (exact) mass is 788 g/mol. The zero-order chi connectivity index (χ0) is 40.6. The number of rotatable bonds is 5. The molecule has 7 fully saturated rings. The van der Waals surface area contributed by atoms with Gasteiger partial charge in [0.05, 0.1) is 29.6 Å². The third-order valence-electron chi connectivity index (χ3n) is 14.6. The molecule has 7 aliphatic rings. The lowest BCUT2D eigenvalue weighted by Crippen LogP contribution is -2.50. The minimum absolute atomic E-state index is 0.186. The molecular formula is C45H73N9O3. The van der Waals surface area contributed by atoms with Crippen molar-refractivity contribution in [1.82, 2.24) is 29.6 Å². The van der Waals surface area contributed by atoms with Crippen LogP contribution in [0.3, 0.4) is 0 Å². The smallest absolute Gasteiger partial charge is 0.410 e. The van der Waals surface area contributed by atoms with E-state index in [9.17, 15) is 10.1 Å². The van der Waals surface area contributed by atoms with Crippen molar-refractivity contribution in [2.24, 2.45) is 53.1 Å². The number of ether oxygens (including phenoxy) is 2. The van der Waals surface area contributed by atoms with Crippen LogP contribution < -0.4 is 16.0 Å². The highest BCUT2D eigenvalue weighted by atomic mass is 16.6. The van der Waals surface area contributed by atoms with E-state index in [1.54, 1.807) is 10.7 Å². The van der Waals surface area contributed by atoms with Crippen molar-refractivity contribution in [3.05, 3.63) is 30.1 Å². The fraction of sp³-hybridized carbons (Fsp3) is 0.800. The number of likely N-dealkylation sites (tertiary alicyclic amines) is 2. The van der Waals surface area contributed by atoms with E-state index in [0.29, 0.717) is 17.5 Å². The zero-order valence-corrected chi connectivity index (χ0v) is 36.3. The van der Waals surface area contributed by atoms with Gasteiger partial charge in [-0.15, -0.1) is 0 Å². The number of pyridine rings is 1. The van der Waals surface area contributed by atoms with Gasteiger partial charge < -0.3 is 40.1 Å². The largest absolute Gasteiger partial charge is 0.444 e. The van der Waals surface area contributed by atoms with Crippen LogP contribution in [0.1, 0.15) is 85.8 Å². The summed E-state index contributed by atoms with van der Waals surface area (Å²) >= 11 is 0. The minimum Gasteiger partial charge on any atom is -0.444 e. The Morgan fingerprint density at radius 3 is 2.44 bits per heavy atom. The Bertz CT molecular complexity index is 1700. The van der Waals surface area contributed by atoms with E-state index in [1.165, 1.54) is 51.9 Å². The van der Waals surface area contributed by atoms with Crippen molar-refractivity contribution in [3.63, 3.8) is 0 Å². The van der Waals surface area contributed by atoms with Crippen molar-refractivity contribution in [1.29, 1.82) is 5.26 Å². The van der Waals surface area contributed by atoms with Gasteiger partial charge in [-0.2, -0.15) is 10.4 Å². The summed E-state index contributed by atoms with van der Waals surface area (Å²) in [7, 11) is 4.43. The fourth-order valence-electron chi connectivity index (χ4n) is 11.9. The number of hydrogen-bond acceptors (Lipinski definition) is 10. The van der Waals surface area contributed by atoms with Gasteiger partial charge in [0.2, 0.25) is 0 Å². The number of nitrogens with zero attached hydrogens (tertiary/aromatic N) is 7. The average Bonchev–Trinajstić information content (AvgIpc) is 3.99. The molecule has 1 amide bonds. The maximum Gasteiger partial charge on any atom is 0.410 e. The molecule has 0 aromatic carbocycles. The predicted octanol–water partition coefficient (Wildman–Crippen LogP) is 5.55. The normalized spacial score (nSPS) is 34.8. The Labute approximate surface area is 342 Å². The Morgan fingerprint density at radius 2 is 1.72 bits per heavy atom. The number of aromatic nitrogens is 2. The van der Waals surface area contributed by atoms with Gasteiger partial charge in [-0.1, -0.05) is 13.8 Å². The number of nitrogens with one attached hydrogen (secondary N) is 1. The van der Waals surface area contributed by atoms with Crippen molar-refractivity contribution >= 4 is 17.3 Å². The van der Waals surface area contributed by atoms with E-state index in [2.05, 4.69) is 72.1 Å². The summed E-state index contributed by atoms with van der Waals surface area (Å²) in [4.78, 5) is 21.2. The van der Waals surface area contributed by atoms with E-state index in [-0.39, 0.29) is 24.3 Å². The van der Waals surface area contributed by atoms with E-state index in [1.807, 2.05) is 37.8 Å². The highest BCUT2D eigenvalue weighted by molar-refractivity contribution is 5.74. The summed E-state index contributed by atoms with van der Waals surface area (Å²) in [6.45, 7) is 22.0. The number of nitrogens with two attached hydrogens (primary N) is 1. The molecule has 9 rings (SSSR count). The highest BCUT2D eigenvalue weighted by Gasteiger charge is 2.45. The quantitative estimate of drug-likeness (QED) is 0.399. The van der Waals surface area contributed by atoms with Crippen LogP contribution in [0.4, 0.5) is 10.5 Å². The minimum atomic E-state index is -0.406. The first-order chi connectivity index (χ1) is 27.2. The maximum atomic E-state index is 11.9. The molecule has 12 nitrogen and oxygen atoms in total. The van der Waals surface area contributed by atoms with Crippen molar-refractivity contribution in [2.75, 3.05) is 77.9 Å². The summed E-state index contributed by atoms with van der Waals surface area (Å²) in [5.41, 5.74) is 8.34. The van der Waals surface area contributed by atoms with Crippen LogP contribution in [0, 0.1) is 58.7 Å². The highest BCUT2D eigenvalue weighted by Crippen LogP contribution is 2.45. The molecule has 4 aliphatic heterocycles. The standard InChI is InChI=1S/C24H33N5O.C12H22N2O2.C9H18N2/c1-16(2)21-6-4-18-12-27(15-22(18)21)13-20-14-28(11-17(3)30-20)23-7-5-19(10-25)29-24(23)8-9-26-29;1-12(2,3)16-11(15)14-6-8-4-5-10(13)9(8)7-14;1-11(2)9-4-3-7-5-10-6-8(7)9/h5,7-9,16-18,20-22H,4,6,11-15H2,1-3H3;8-10H,4-7,13H2,1-3H3;7-10H,3-6H2,1-2H3/t17-,18-,20+,21+,22+;8-,9+,10-;7-,8+,9-/m111/s1. The lowest BCUT2D eigenvalue weighted by Gasteiger charge is -2.40. The summed E-state index contributed by atoms with van der Waals surface area (Å²) in [5, 5.41) is 17.2. The van der Waals surface area contributed by atoms with Gasteiger partial charge in [0, 0.05) is 57.9 Å². The number of nitriles is 1. The second-order valence-electron chi connectivity index (χ2n) is 20.2. The van der Waals surface area contributed by atoms with Crippen molar-refractivity contribution < 1.29 is 14.3 Å². The molecule has 57 heavy (non-hydrogen) atoms. The Balaban J connectivity index is 0.000000152. The topological polar surface area (TPSA) is 128 Å². The number of anilines is 1. The Hall–Kier alpha value is -2.95. The van der Waals surface area contributed by atoms with Gasteiger partial charge in [-0.05, 0) is 159 Å². The van der Waals surface area contributed by atoms with E-state index in [0.717, 1.165) is 98.3 Å². The lowest BCUT2D eigenvalue weighted by atomic mass is 9.84. The van der Waals surface area contributed by atoms with E-state index >= 15 is 0 Å².